The predicted octanol–water partition coefficient (Wildman–Crippen LogP) is 3.89. The van der Waals surface area contributed by atoms with Crippen LogP contribution in [0.2, 0.25) is 0 Å². The molecule has 6 heteroatoms. The number of phenolic OH excluding ortho intramolecular Hbond substituents is 1. The van der Waals surface area contributed by atoms with Gasteiger partial charge in [0, 0.05) is 0 Å². The smallest absolute Gasteiger partial charge is 0.275 e. The fraction of sp³-hybridized carbons (Fsp3) is 0. The van der Waals surface area contributed by atoms with Gasteiger partial charge in [0.15, 0.2) is 23.0 Å². The van der Waals surface area contributed by atoms with E-state index in [1.807, 2.05) is 0 Å². The van der Waals surface area contributed by atoms with Gasteiger partial charge >= 0.3 is 0 Å². The summed E-state index contributed by atoms with van der Waals surface area (Å²) in [6.07, 6.45) is 0. The third kappa shape index (κ3) is 3.19. The van der Waals surface area contributed by atoms with Crippen molar-refractivity contribution in [3.05, 3.63) is 48.5 Å². The number of benzene rings is 2. The minimum absolute atomic E-state index is 0.0653. The molecule has 1 atom stereocenters. The molecule has 4 nitrogen and oxygen atoms in total. The van der Waals surface area contributed by atoms with Crippen LogP contribution in [-0.2, 0) is 0 Å². The zero-order valence-electron chi connectivity index (χ0n) is 9.17. The zero-order valence-corrected chi connectivity index (χ0v) is 10.9. The molecule has 18 heavy (non-hydrogen) atoms. The second kappa shape index (κ2) is 6.34. The molecule has 0 aliphatic carbocycles. The maximum atomic E-state index is 9.49. The van der Waals surface area contributed by atoms with E-state index in [1.165, 1.54) is 6.07 Å². The van der Waals surface area contributed by atoms with Crippen molar-refractivity contribution in [3.63, 3.8) is 0 Å². The van der Waals surface area contributed by atoms with Crippen molar-refractivity contribution >= 4 is 20.9 Å². The molecule has 0 amide bonds. The van der Waals surface area contributed by atoms with Crippen LogP contribution < -0.4 is 13.3 Å². The van der Waals surface area contributed by atoms with Gasteiger partial charge in [-0.05, 0) is 24.3 Å². The fourth-order valence-electron chi connectivity index (χ4n) is 1.25. The first kappa shape index (κ1) is 12.8. The number of halogens is 1. The molecule has 0 spiro atoms. The van der Waals surface area contributed by atoms with E-state index in [0.717, 1.165) is 0 Å². The molecule has 0 aliphatic rings. The van der Waals surface area contributed by atoms with Crippen LogP contribution >= 0.6 is 20.9 Å². The molecule has 2 aromatic carbocycles. The SMILES string of the molecule is Oc1ccccc1OPOc1ccccc1OCl. The molecule has 1 N–H and O–H groups in total. The van der Waals surface area contributed by atoms with Gasteiger partial charge in [-0.3, -0.25) is 0 Å². The predicted molar refractivity (Wildman–Crippen MR) is 70.6 cm³/mol. The summed E-state index contributed by atoms with van der Waals surface area (Å²) >= 11 is 5.30. The van der Waals surface area contributed by atoms with Crippen LogP contribution in [0.5, 0.6) is 23.0 Å². The van der Waals surface area contributed by atoms with E-state index in [9.17, 15) is 5.11 Å². The van der Waals surface area contributed by atoms with Crippen molar-refractivity contribution in [1.29, 1.82) is 0 Å². The number of hydrogen-bond donors (Lipinski definition) is 1. The quantitative estimate of drug-likeness (QED) is 0.846. The van der Waals surface area contributed by atoms with E-state index < -0.39 is 0 Å². The molecule has 1 unspecified atom stereocenters. The van der Waals surface area contributed by atoms with Crippen molar-refractivity contribution in [2.24, 2.45) is 0 Å². The number of hydrogen-bond acceptors (Lipinski definition) is 4. The topological polar surface area (TPSA) is 47.9 Å². The van der Waals surface area contributed by atoms with Gasteiger partial charge in [-0.15, -0.1) is 0 Å². The normalized spacial score (nSPS) is 10.5. The Kier molecular flexibility index (Phi) is 4.51. The van der Waals surface area contributed by atoms with Gasteiger partial charge in [0.2, 0.25) is 0 Å². The Bertz CT molecular complexity index is 521. The van der Waals surface area contributed by atoms with Crippen molar-refractivity contribution in [3.8, 4) is 23.0 Å². The Hall–Kier alpha value is -1.64. The van der Waals surface area contributed by atoms with Gasteiger partial charge in [-0.25, -0.2) is 0 Å². The van der Waals surface area contributed by atoms with Crippen LogP contribution in [0.1, 0.15) is 0 Å². The summed E-state index contributed by atoms with van der Waals surface area (Å²) in [6.45, 7) is 0. The molecule has 2 rings (SSSR count). The van der Waals surface area contributed by atoms with Crippen molar-refractivity contribution in [2.75, 3.05) is 0 Å². The Balaban J connectivity index is 1.95. The summed E-state index contributed by atoms with van der Waals surface area (Å²) in [6, 6.07) is 13.6. The lowest BCUT2D eigenvalue weighted by atomic mass is 10.3. The number of phenols is 1. The minimum atomic E-state index is -0.316. The van der Waals surface area contributed by atoms with Crippen LogP contribution in [0.25, 0.3) is 0 Å². The molecule has 0 bridgehead atoms. The average Bonchev–Trinajstić information content (AvgIpc) is 2.41. The lowest BCUT2D eigenvalue weighted by Crippen LogP contribution is -1.87. The van der Waals surface area contributed by atoms with Crippen LogP contribution in [0.15, 0.2) is 48.5 Å². The first-order valence-electron chi connectivity index (χ1n) is 5.05. The highest BCUT2D eigenvalue weighted by Crippen LogP contribution is 2.35. The molecule has 0 saturated carbocycles. The largest absolute Gasteiger partial charge is 0.504 e. The average molecular weight is 285 g/mol. The lowest BCUT2D eigenvalue weighted by molar-refractivity contribution is 0.434. The second-order valence-corrected chi connectivity index (χ2v) is 4.01. The Morgan fingerprint density at radius 1 is 0.833 bits per heavy atom. The van der Waals surface area contributed by atoms with E-state index in [1.54, 1.807) is 42.5 Å². The molecule has 0 aromatic heterocycles. The Labute approximate surface area is 111 Å². The number of para-hydroxylation sites is 4. The third-order valence-corrected chi connectivity index (χ3v) is 2.87. The second-order valence-electron chi connectivity index (χ2n) is 3.28. The van der Waals surface area contributed by atoms with Gasteiger partial charge in [0.1, 0.15) is 11.9 Å². The van der Waals surface area contributed by atoms with Crippen LogP contribution in [0.3, 0.4) is 0 Å². The summed E-state index contributed by atoms with van der Waals surface area (Å²) in [5, 5.41) is 9.49. The van der Waals surface area contributed by atoms with E-state index in [2.05, 4.69) is 4.29 Å². The highest BCUT2D eigenvalue weighted by Gasteiger charge is 2.05. The van der Waals surface area contributed by atoms with Gasteiger partial charge < -0.3 is 18.4 Å². The molecule has 94 valence electrons. The number of aromatic hydroxyl groups is 1. The summed E-state index contributed by atoms with van der Waals surface area (Å²) in [4.78, 5) is 0. The first-order chi connectivity index (χ1) is 8.81. The molecular formula is C12H10ClO4P. The minimum Gasteiger partial charge on any atom is -0.504 e. The molecule has 0 aliphatic heterocycles. The van der Waals surface area contributed by atoms with E-state index in [-0.39, 0.29) is 14.8 Å². The summed E-state index contributed by atoms with van der Waals surface area (Å²) in [5.74, 6) is 1.31. The molecule has 0 saturated heterocycles. The van der Waals surface area contributed by atoms with Crippen LogP contribution in [0.4, 0.5) is 0 Å². The number of rotatable bonds is 5. The maximum Gasteiger partial charge on any atom is 0.275 e. The van der Waals surface area contributed by atoms with Gasteiger partial charge in [0.05, 0.1) is 0 Å². The third-order valence-electron chi connectivity index (χ3n) is 2.10. The lowest BCUT2D eigenvalue weighted by Gasteiger charge is -2.09. The fourth-order valence-corrected chi connectivity index (χ4v) is 1.94. The van der Waals surface area contributed by atoms with Crippen molar-refractivity contribution < 1.29 is 18.4 Å². The van der Waals surface area contributed by atoms with Crippen LogP contribution in [0, 0.1) is 0 Å². The Morgan fingerprint density at radius 3 is 2.06 bits per heavy atom. The maximum absolute atomic E-state index is 9.49. The van der Waals surface area contributed by atoms with Gasteiger partial charge in [-0.1, -0.05) is 24.3 Å². The van der Waals surface area contributed by atoms with Gasteiger partial charge in [0.25, 0.3) is 9.03 Å². The van der Waals surface area contributed by atoms with E-state index in [0.29, 0.717) is 17.2 Å². The summed E-state index contributed by atoms with van der Waals surface area (Å²) in [7, 11) is -0.316. The van der Waals surface area contributed by atoms with Crippen molar-refractivity contribution in [2.45, 2.75) is 0 Å². The molecule has 0 fully saturated rings. The molecule has 2 aromatic rings. The Morgan fingerprint density at radius 2 is 1.39 bits per heavy atom. The molecule has 0 radical (unpaired) electrons. The van der Waals surface area contributed by atoms with Crippen LogP contribution in [-0.4, -0.2) is 5.11 Å². The first-order valence-corrected chi connectivity index (χ1v) is 6.18. The highest BCUT2D eigenvalue weighted by atomic mass is 35.5. The molecular weight excluding hydrogens is 275 g/mol. The monoisotopic (exact) mass is 284 g/mol. The molecule has 0 heterocycles. The summed E-state index contributed by atoms with van der Waals surface area (Å²) in [5.41, 5.74) is 0. The standard InChI is InChI=1S/C12H10ClO4P/c13-15-11-7-3-4-8-12(11)17-18-16-10-6-2-1-5-9(10)14/h1-8,14,18H. The van der Waals surface area contributed by atoms with Gasteiger partial charge in [-0.2, -0.15) is 0 Å². The van der Waals surface area contributed by atoms with E-state index in [4.69, 9.17) is 20.9 Å². The van der Waals surface area contributed by atoms with Crippen molar-refractivity contribution in [1.82, 2.24) is 0 Å². The van der Waals surface area contributed by atoms with E-state index >= 15 is 0 Å². The summed E-state index contributed by atoms with van der Waals surface area (Å²) < 4.78 is 15.3. The zero-order chi connectivity index (χ0) is 12.8. The highest BCUT2D eigenvalue weighted by molar-refractivity contribution is 7.27.